The number of nitrogens with one attached hydrogen (secondary N) is 1. The topological polar surface area (TPSA) is 94.3 Å². The van der Waals surface area contributed by atoms with Crippen molar-refractivity contribution in [3.05, 3.63) is 77.7 Å². The largest absolute Gasteiger partial charge is 0.481 e. The van der Waals surface area contributed by atoms with E-state index in [4.69, 9.17) is 10.5 Å². The number of benzene rings is 2. The van der Waals surface area contributed by atoms with Crippen molar-refractivity contribution < 1.29 is 26.3 Å². The number of methoxy groups -OCH3 is 1. The maximum absolute atomic E-state index is 13.8. The second-order valence-corrected chi connectivity index (χ2v) is 8.56. The summed E-state index contributed by atoms with van der Waals surface area (Å²) < 4.78 is 72.8. The summed E-state index contributed by atoms with van der Waals surface area (Å²) in [7, 11) is -2.43. The lowest BCUT2D eigenvalue weighted by Gasteiger charge is -2.14. The van der Waals surface area contributed by atoms with Crippen LogP contribution in [0.1, 0.15) is 5.56 Å². The summed E-state index contributed by atoms with van der Waals surface area (Å²) in [5, 5.41) is 0. The van der Waals surface area contributed by atoms with Gasteiger partial charge in [-0.25, -0.2) is 31.3 Å². The Morgan fingerprint density at radius 1 is 1.03 bits per heavy atom. The van der Waals surface area contributed by atoms with E-state index in [2.05, 4.69) is 9.71 Å². The normalized spacial score (nSPS) is 12.5. The van der Waals surface area contributed by atoms with Crippen molar-refractivity contribution in [3.8, 4) is 17.0 Å². The molecule has 0 aliphatic heterocycles. The smallest absolute Gasteiger partial charge is 0.240 e. The Kier molecular flexibility index (Phi) is 6.94. The zero-order valence-corrected chi connectivity index (χ0v) is 17.3. The molecule has 0 aliphatic rings. The SMILES string of the molecule is COc1ccc(-c2cccc(S(=O)(=O)NC[C@H](N)Cc3cc(F)c(F)cc3F)c2)cn1. The molecule has 0 amide bonds. The lowest BCUT2D eigenvalue weighted by molar-refractivity contribution is 0.398. The van der Waals surface area contributed by atoms with Gasteiger partial charge in [-0.1, -0.05) is 12.1 Å². The number of aromatic nitrogens is 1. The first-order chi connectivity index (χ1) is 14.7. The van der Waals surface area contributed by atoms with Gasteiger partial charge in [0.2, 0.25) is 15.9 Å². The molecule has 31 heavy (non-hydrogen) atoms. The van der Waals surface area contributed by atoms with Crippen LogP contribution < -0.4 is 15.2 Å². The van der Waals surface area contributed by atoms with Gasteiger partial charge in [0.1, 0.15) is 5.82 Å². The van der Waals surface area contributed by atoms with Gasteiger partial charge in [0.25, 0.3) is 0 Å². The molecule has 1 heterocycles. The van der Waals surface area contributed by atoms with Crippen LogP contribution in [-0.4, -0.2) is 33.1 Å². The van der Waals surface area contributed by atoms with Gasteiger partial charge in [0, 0.05) is 36.5 Å². The Labute approximate surface area is 177 Å². The molecule has 1 aromatic heterocycles. The Morgan fingerprint density at radius 3 is 2.45 bits per heavy atom. The molecule has 0 spiro atoms. The van der Waals surface area contributed by atoms with E-state index in [1.807, 2.05) is 0 Å². The Balaban J connectivity index is 1.70. The molecule has 3 aromatic rings. The number of nitrogens with two attached hydrogens (primary N) is 1. The number of sulfonamides is 1. The molecule has 1 atom stereocenters. The zero-order chi connectivity index (χ0) is 22.6. The third-order valence-electron chi connectivity index (χ3n) is 4.53. The van der Waals surface area contributed by atoms with Gasteiger partial charge in [0.15, 0.2) is 11.6 Å². The third-order valence-corrected chi connectivity index (χ3v) is 5.95. The van der Waals surface area contributed by atoms with Crippen LogP contribution in [-0.2, 0) is 16.4 Å². The van der Waals surface area contributed by atoms with Gasteiger partial charge < -0.3 is 10.5 Å². The molecule has 2 aromatic carbocycles. The van der Waals surface area contributed by atoms with E-state index in [-0.39, 0.29) is 23.4 Å². The molecule has 6 nitrogen and oxygen atoms in total. The summed E-state index contributed by atoms with van der Waals surface area (Å²) in [6, 6.07) is 9.92. The zero-order valence-electron chi connectivity index (χ0n) is 16.5. The molecular formula is C21H20F3N3O3S. The standard InChI is InChI=1S/C21H20F3N3O3S/c1-30-21-6-5-14(11-26-21)13-3-2-4-17(8-13)31(28,29)27-12-16(25)7-15-9-19(23)20(24)10-18(15)22/h2-6,8-11,16,27H,7,12,25H2,1H3/t16-/m1/s1. The summed E-state index contributed by atoms with van der Waals surface area (Å²) in [5.41, 5.74) is 7.06. The van der Waals surface area contributed by atoms with Crippen molar-refractivity contribution in [3.63, 3.8) is 0 Å². The maximum atomic E-state index is 13.8. The monoisotopic (exact) mass is 451 g/mol. The van der Waals surface area contributed by atoms with E-state index in [1.165, 1.54) is 19.2 Å². The molecule has 164 valence electrons. The first kappa shape index (κ1) is 22.7. The number of hydrogen-bond donors (Lipinski definition) is 2. The van der Waals surface area contributed by atoms with Gasteiger partial charge in [-0.2, -0.15) is 0 Å². The van der Waals surface area contributed by atoms with Gasteiger partial charge in [0.05, 0.1) is 12.0 Å². The average molecular weight is 451 g/mol. The highest BCUT2D eigenvalue weighted by atomic mass is 32.2. The summed E-state index contributed by atoms with van der Waals surface area (Å²) >= 11 is 0. The lowest BCUT2D eigenvalue weighted by Crippen LogP contribution is -2.38. The third kappa shape index (κ3) is 5.60. The van der Waals surface area contributed by atoms with Crippen LogP contribution in [0.2, 0.25) is 0 Å². The quantitative estimate of drug-likeness (QED) is 0.514. The highest BCUT2D eigenvalue weighted by Gasteiger charge is 2.18. The predicted octanol–water partition coefficient (Wildman–Crippen LogP) is 3.02. The minimum atomic E-state index is -3.92. The first-order valence-corrected chi connectivity index (χ1v) is 10.7. The van der Waals surface area contributed by atoms with Gasteiger partial charge in [-0.15, -0.1) is 0 Å². The minimum Gasteiger partial charge on any atom is -0.481 e. The number of nitrogens with zero attached hydrogens (tertiary/aromatic N) is 1. The Morgan fingerprint density at radius 2 is 1.77 bits per heavy atom. The highest BCUT2D eigenvalue weighted by Crippen LogP contribution is 2.23. The minimum absolute atomic E-state index is 0.00650. The van der Waals surface area contributed by atoms with Crippen molar-refractivity contribution in [2.75, 3.05) is 13.7 Å². The van der Waals surface area contributed by atoms with E-state index >= 15 is 0 Å². The molecule has 0 radical (unpaired) electrons. The summed E-state index contributed by atoms with van der Waals surface area (Å²) in [4.78, 5) is 4.11. The van der Waals surface area contributed by atoms with E-state index in [0.29, 0.717) is 29.1 Å². The van der Waals surface area contributed by atoms with Gasteiger partial charge in [-0.05, 0) is 41.8 Å². The summed E-state index contributed by atoms with van der Waals surface area (Å²) in [5.74, 6) is -3.02. The number of pyridine rings is 1. The fourth-order valence-electron chi connectivity index (χ4n) is 2.89. The number of hydrogen-bond acceptors (Lipinski definition) is 5. The van der Waals surface area contributed by atoms with Crippen molar-refractivity contribution in [1.29, 1.82) is 0 Å². The van der Waals surface area contributed by atoms with Crippen LogP contribution in [0.4, 0.5) is 13.2 Å². The van der Waals surface area contributed by atoms with Crippen molar-refractivity contribution in [2.45, 2.75) is 17.4 Å². The molecule has 0 bridgehead atoms. The molecule has 0 unspecified atom stereocenters. The predicted molar refractivity (Wildman–Crippen MR) is 109 cm³/mol. The Hall–Kier alpha value is -2.95. The molecule has 0 aliphatic carbocycles. The number of halogens is 3. The van der Waals surface area contributed by atoms with Crippen LogP contribution in [0.5, 0.6) is 5.88 Å². The summed E-state index contributed by atoms with van der Waals surface area (Å²) in [6.07, 6.45) is 1.38. The van der Waals surface area contributed by atoms with E-state index < -0.39 is 33.5 Å². The molecular weight excluding hydrogens is 431 g/mol. The first-order valence-electron chi connectivity index (χ1n) is 9.19. The van der Waals surface area contributed by atoms with Crippen LogP contribution in [0.15, 0.2) is 59.6 Å². The molecule has 0 fully saturated rings. The van der Waals surface area contributed by atoms with Crippen LogP contribution >= 0.6 is 0 Å². The molecule has 0 saturated carbocycles. The molecule has 10 heteroatoms. The van der Waals surface area contributed by atoms with Crippen LogP contribution in [0.25, 0.3) is 11.1 Å². The van der Waals surface area contributed by atoms with Gasteiger partial charge in [-0.3, -0.25) is 0 Å². The summed E-state index contributed by atoms with van der Waals surface area (Å²) in [6.45, 7) is -0.227. The van der Waals surface area contributed by atoms with Crippen LogP contribution in [0, 0.1) is 17.5 Å². The van der Waals surface area contributed by atoms with Crippen LogP contribution in [0.3, 0.4) is 0 Å². The second kappa shape index (κ2) is 9.46. The fourth-order valence-corrected chi connectivity index (χ4v) is 4.03. The fraction of sp³-hybridized carbons (Fsp3) is 0.190. The molecule has 3 rings (SSSR count). The van der Waals surface area contributed by atoms with Crippen molar-refractivity contribution in [1.82, 2.24) is 9.71 Å². The lowest BCUT2D eigenvalue weighted by atomic mass is 10.1. The molecule has 0 saturated heterocycles. The molecule has 3 N–H and O–H groups in total. The van der Waals surface area contributed by atoms with E-state index in [1.54, 1.807) is 30.5 Å². The van der Waals surface area contributed by atoms with Gasteiger partial charge >= 0.3 is 0 Å². The maximum Gasteiger partial charge on any atom is 0.240 e. The van der Waals surface area contributed by atoms with E-state index in [0.717, 1.165) is 0 Å². The number of rotatable bonds is 8. The van der Waals surface area contributed by atoms with Crippen molar-refractivity contribution >= 4 is 10.0 Å². The number of ether oxygens (including phenoxy) is 1. The highest BCUT2D eigenvalue weighted by molar-refractivity contribution is 7.89. The Bertz CT molecular complexity index is 1170. The van der Waals surface area contributed by atoms with E-state index in [9.17, 15) is 21.6 Å². The second-order valence-electron chi connectivity index (χ2n) is 6.79. The van der Waals surface area contributed by atoms with Crippen molar-refractivity contribution in [2.24, 2.45) is 5.73 Å². The average Bonchev–Trinajstić information content (AvgIpc) is 2.76.